The molecule has 4 aliphatic rings. The number of anilines is 2. The van der Waals surface area contributed by atoms with Crippen LogP contribution in [0.1, 0.15) is 84.5 Å². The summed E-state index contributed by atoms with van der Waals surface area (Å²) in [7, 11) is 0. The van der Waals surface area contributed by atoms with Gasteiger partial charge in [-0.15, -0.1) is 5.10 Å². The summed E-state index contributed by atoms with van der Waals surface area (Å²) in [6, 6.07) is 0.589. The lowest BCUT2D eigenvalue weighted by Gasteiger charge is -2.44. The number of nitrogens with zero attached hydrogens (tertiary/aromatic N) is 6. The van der Waals surface area contributed by atoms with Crippen LogP contribution in [0.25, 0.3) is 22.9 Å². The molecule has 4 fully saturated rings. The van der Waals surface area contributed by atoms with Gasteiger partial charge in [0.25, 0.3) is 5.89 Å². The minimum atomic E-state index is -0.620. The molecule has 40 heavy (non-hydrogen) atoms. The summed E-state index contributed by atoms with van der Waals surface area (Å²) < 4.78 is 13.9. The van der Waals surface area contributed by atoms with Gasteiger partial charge in [0.05, 0.1) is 18.8 Å². The molecule has 0 bridgehead atoms. The van der Waals surface area contributed by atoms with Gasteiger partial charge >= 0.3 is 5.76 Å². The molecule has 3 saturated carbocycles. The van der Waals surface area contributed by atoms with E-state index in [2.05, 4.69) is 38.8 Å². The molecule has 1 saturated heterocycles. The first-order valence-corrected chi connectivity index (χ1v) is 15.5. The third kappa shape index (κ3) is 4.90. The van der Waals surface area contributed by atoms with Gasteiger partial charge in [0.15, 0.2) is 11.5 Å². The zero-order chi connectivity index (χ0) is 27.2. The number of H-pyrrole nitrogens is 1. The number of ether oxygens (including phenoxy) is 1. The Balaban J connectivity index is 1.36. The Kier molecular flexibility index (Phi) is 7.01. The lowest BCUT2D eigenvalue weighted by molar-refractivity contribution is -0.00958. The maximum absolute atomic E-state index is 11.8. The molecule has 0 spiro atoms. The molecule has 0 aromatic carbocycles. The maximum Gasteiger partial charge on any atom is 0.434 e. The number of hydrogen-bond acceptors (Lipinski definition) is 9. The normalized spacial score (nSPS) is 28.3. The standard InChI is InChI=1S/C29H42N8O3/c1-17-10-12-19(13-11-17)16-37-23-24(30-18(2)20-6-5-7-20)31-26(27-34-35-29(38)40-27)32-25(23)33-28(37)36-14-15-39-22-9-4-3-8-21(22)36/h17-22H,3-16H2,1-2H3,(H,35,38)(H,30,31,32)/t17-,18-,19-,21+,22-/m1/s1. The summed E-state index contributed by atoms with van der Waals surface area (Å²) in [6.07, 6.45) is 13.7. The molecular weight excluding hydrogens is 508 g/mol. The highest BCUT2D eigenvalue weighted by Crippen LogP contribution is 2.39. The second-order valence-electron chi connectivity index (χ2n) is 12.7. The van der Waals surface area contributed by atoms with E-state index in [0.717, 1.165) is 49.1 Å². The Labute approximate surface area is 234 Å². The number of morpholine rings is 1. The number of fused-ring (bicyclic) bond motifs is 2. The summed E-state index contributed by atoms with van der Waals surface area (Å²) >= 11 is 0. The fourth-order valence-corrected chi connectivity index (χ4v) is 7.33. The molecular formula is C29H42N8O3. The predicted molar refractivity (Wildman–Crippen MR) is 152 cm³/mol. The van der Waals surface area contributed by atoms with Crippen molar-refractivity contribution in [1.29, 1.82) is 0 Å². The van der Waals surface area contributed by atoms with E-state index in [-0.39, 0.29) is 23.9 Å². The van der Waals surface area contributed by atoms with E-state index in [0.29, 0.717) is 30.1 Å². The van der Waals surface area contributed by atoms with Gasteiger partial charge in [-0.2, -0.15) is 4.98 Å². The van der Waals surface area contributed by atoms with Crippen LogP contribution in [0.3, 0.4) is 0 Å². The molecule has 216 valence electrons. The predicted octanol–water partition coefficient (Wildman–Crippen LogP) is 4.74. The van der Waals surface area contributed by atoms with Crippen LogP contribution in [0, 0.1) is 17.8 Å². The van der Waals surface area contributed by atoms with Crippen LogP contribution < -0.4 is 16.0 Å². The highest BCUT2D eigenvalue weighted by Gasteiger charge is 2.38. The maximum atomic E-state index is 11.8. The van der Waals surface area contributed by atoms with Crippen LogP contribution in [-0.4, -0.2) is 61.1 Å². The van der Waals surface area contributed by atoms with Crippen molar-refractivity contribution >= 4 is 22.9 Å². The fraction of sp³-hybridized carbons (Fsp3) is 0.759. The number of aromatic amines is 1. The van der Waals surface area contributed by atoms with Gasteiger partial charge in [0, 0.05) is 19.1 Å². The molecule has 0 amide bonds. The molecule has 0 radical (unpaired) electrons. The fourth-order valence-electron chi connectivity index (χ4n) is 7.33. The number of aromatic nitrogens is 6. The van der Waals surface area contributed by atoms with Crippen molar-refractivity contribution in [3.8, 4) is 11.7 Å². The quantitative estimate of drug-likeness (QED) is 0.429. The van der Waals surface area contributed by atoms with E-state index >= 15 is 0 Å². The van der Waals surface area contributed by atoms with E-state index in [9.17, 15) is 4.79 Å². The Bertz CT molecular complexity index is 1380. The van der Waals surface area contributed by atoms with Crippen LogP contribution in [0.15, 0.2) is 9.21 Å². The van der Waals surface area contributed by atoms with Gasteiger partial charge in [-0.1, -0.05) is 39.0 Å². The van der Waals surface area contributed by atoms with Crippen LogP contribution >= 0.6 is 0 Å². The van der Waals surface area contributed by atoms with E-state index < -0.39 is 5.76 Å². The Hall–Kier alpha value is -2.95. The number of nitrogens with one attached hydrogen (secondary N) is 2. The van der Waals surface area contributed by atoms with Crippen molar-refractivity contribution in [3.05, 3.63) is 10.6 Å². The average Bonchev–Trinajstić information content (AvgIpc) is 3.52. The van der Waals surface area contributed by atoms with Crippen molar-refractivity contribution in [3.63, 3.8) is 0 Å². The number of hydrogen-bond donors (Lipinski definition) is 2. The van der Waals surface area contributed by atoms with Gasteiger partial charge in [0.2, 0.25) is 11.8 Å². The third-order valence-electron chi connectivity index (χ3n) is 10.00. The van der Waals surface area contributed by atoms with Crippen LogP contribution in [0.5, 0.6) is 0 Å². The molecule has 4 heterocycles. The van der Waals surface area contributed by atoms with Gasteiger partial charge in [-0.05, 0) is 63.2 Å². The van der Waals surface area contributed by atoms with Gasteiger partial charge < -0.3 is 23.9 Å². The zero-order valence-electron chi connectivity index (χ0n) is 23.8. The number of rotatable bonds is 7. The lowest BCUT2D eigenvalue weighted by atomic mass is 9.80. The second kappa shape index (κ2) is 10.8. The highest BCUT2D eigenvalue weighted by atomic mass is 16.5. The third-order valence-corrected chi connectivity index (χ3v) is 10.00. The van der Waals surface area contributed by atoms with Crippen LogP contribution in [0.2, 0.25) is 0 Å². The largest absolute Gasteiger partial charge is 0.434 e. The molecule has 2 N–H and O–H groups in total. The summed E-state index contributed by atoms with van der Waals surface area (Å²) in [5.41, 5.74) is 1.57. The van der Waals surface area contributed by atoms with Crippen molar-refractivity contribution in [2.45, 2.75) is 109 Å². The molecule has 7 rings (SSSR count). The summed E-state index contributed by atoms with van der Waals surface area (Å²) in [4.78, 5) is 29.3. The zero-order valence-corrected chi connectivity index (χ0v) is 23.8. The SMILES string of the molecule is C[C@@H](Nc1nc(-c2n[nH]c(=O)o2)nc2nc(N3CCO[C@@H]4CCCC[C@@H]43)n(C[C@H]3CC[C@H](C)CC3)c12)C1CCC1. The van der Waals surface area contributed by atoms with Gasteiger partial charge in [-0.3, -0.25) is 0 Å². The molecule has 11 heteroatoms. The summed E-state index contributed by atoms with van der Waals surface area (Å²) in [6.45, 7) is 7.05. The smallest absolute Gasteiger partial charge is 0.384 e. The summed E-state index contributed by atoms with van der Waals surface area (Å²) in [5.74, 6) is 3.48. The molecule has 3 atom stereocenters. The monoisotopic (exact) mass is 550 g/mol. The first-order chi connectivity index (χ1) is 19.5. The van der Waals surface area contributed by atoms with Crippen LogP contribution in [-0.2, 0) is 11.3 Å². The minimum absolute atomic E-state index is 0.0855. The lowest BCUT2D eigenvalue weighted by Crippen LogP contribution is -2.53. The van der Waals surface area contributed by atoms with Crippen molar-refractivity contribution in [2.75, 3.05) is 23.4 Å². The van der Waals surface area contributed by atoms with Gasteiger partial charge in [-0.25, -0.2) is 19.9 Å². The van der Waals surface area contributed by atoms with Crippen molar-refractivity contribution < 1.29 is 9.15 Å². The topological polar surface area (TPSA) is 127 Å². The molecule has 3 aliphatic carbocycles. The molecule has 0 unspecified atom stereocenters. The second-order valence-corrected chi connectivity index (χ2v) is 12.7. The van der Waals surface area contributed by atoms with E-state index in [1.165, 1.54) is 57.8 Å². The number of imidazole rings is 1. The summed E-state index contributed by atoms with van der Waals surface area (Å²) in [5, 5.41) is 10.1. The van der Waals surface area contributed by atoms with Crippen molar-refractivity contribution in [1.82, 2.24) is 29.7 Å². The van der Waals surface area contributed by atoms with E-state index in [1.807, 2.05) is 0 Å². The molecule has 11 nitrogen and oxygen atoms in total. The van der Waals surface area contributed by atoms with Crippen molar-refractivity contribution in [2.24, 2.45) is 17.8 Å². The highest BCUT2D eigenvalue weighted by molar-refractivity contribution is 5.87. The minimum Gasteiger partial charge on any atom is -0.384 e. The Morgan fingerprint density at radius 2 is 1.85 bits per heavy atom. The van der Waals surface area contributed by atoms with E-state index in [1.54, 1.807) is 0 Å². The van der Waals surface area contributed by atoms with Gasteiger partial charge in [0.1, 0.15) is 5.52 Å². The Morgan fingerprint density at radius 1 is 1.02 bits per heavy atom. The first kappa shape index (κ1) is 26.0. The van der Waals surface area contributed by atoms with Crippen LogP contribution in [0.4, 0.5) is 11.8 Å². The average molecular weight is 551 g/mol. The first-order valence-electron chi connectivity index (χ1n) is 15.5. The van der Waals surface area contributed by atoms with E-state index in [4.69, 9.17) is 24.1 Å². The Morgan fingerprint density at radius 3 is 2.60 bits per heavy atom. The molecule has 3 aromatic rings. The molecule has 3 aromatic heterocycles. The molecule has 1 aliphatic heterocycles.